The summed E-state index contributed by atoms with van der Waals surface area (Å²) in [6.07, 6.45) is 3.52. The number of aromatic nitrogens is 1. The van der Waals surface area contributed by atoms with Gasteiger partial charge in [0.25, 0.3) is 0 Å². The van der Waals surface area contributed by atoms with Gasteiger partial charge in [0, 0.05) is 23.3 Å². The van der Waals surface area contributed by atoms with Crippen molar-refractivity contribution >= 4 is 22.3 Å². The highest BCUT2D eigenvalue weighted by molar-refractivity contribution is 5.99. The first-order valence-electron chi connectivity index (χ1n) is 7.15. The monoisotopic (exact) mass is 369 g/mol. The van der Waals surface area contributed by atoms with Crippen molar-refractivity contribution in [3.63, 3.8) is 0 Å². The van der Waals surface area contributed by atoms with Crippen LogP contribution < -0.4 is 21.5 Å². The third-order valence-electron chi connectivity index (χ3n) is 3.70. The molecular weight excluding hydrogens is 354 g/mol. The second-order valence-corrected chi connectivity index (χ2v) is 5.30. The summed E-state index contributed by atoms with van der Waals surface area (Å²) in [5.41, 5.74) is 1.34. The van der Waals surface area contributed by atoms with Crippen molar-refractivity contribution in [3.8, 4) is 0 Å². The van der Waals surface area contributed by atoms with Crippen LogP contribution in [0.4, 0.5) is 0 Å². The molecule has 0 amide bonds. The smallest absolute Gasteiger partial charge is 0.227 e. The number of rotatable bonds is 4. The van der Waals surface area contributed by atoms with E-state index < -0.39 is 0 Å². The zero-order valence-electron chi connectivity index (χ0n) is 12.7. The molecule has 23 heavy (non-hydrogen) atoms. The van der Waals surface area contributed by atoms with E-state index in [2.05, 4.69) is 0 Å². The summed E-state index contributed by atoms with van der Waals surface area (Å²) in [6.45, 7) is 1.79. The van der Waals surface area contributed by atoms with Gasteiger partial charge in [0.2, 0.25) is 12.3 Å². The van der Waals surface area contributed by atoms with Crippen molar-refractivity contribution in [2.45, 2.75) is 13.5 Å². The molecule has 0 aliphatic rings. The lowest BCUT2D eigenvalue weighted by Gasteiger charge is -2.02. The number of halogens is 1. The largest absolute Gasteiger partial charge is 1.00 e. The van der Waals surface area contributed by atoms with Gasteiger partial charge in [0.15, 0.2) is 18.2 Å². The van der Waals surface area contributed by atoms with Crippen LogP contribution in [-0.2, 0) is 6.54 Å². The van der Waals surface area contributed by atoms with Gasteiger partial charge in [-0.2, -0.15) is 4.57 Å². The third-order valence-corrected chi connectivity index (χ3v) is 3.70. The molecule has 1 heterocycles. The lowest BCUT2D eigenvalue weighted by Crippen LogP contribution is -3.00. The molecule has 0 radical (unpaired) electrons. The number of Topliss-reactive ketones (excluding diaryl/α,β-unsaturated/α-hetero) is 2. The van der Waals surface area contributed by atoms with Gasteiger partial charge < -0.3 is 17.0 Å². The maximum atomic E-state index is 12.4. The Labute approximate surface area is 145 Å². The molecule has 0 bridgehead atoms. The first kappa shape index (κ1) is 17.0. The van der Waals surface area contributed by atoms with Crippen molar-refractivity contribution in [3.05, 3.63) is 78.1 Å². The summed E-state index contributed by atoms with van der Waals surface area (Å²) >= 11 is 0. The van der Waals surface area contributed by atoms with Crippen LogP contribution in [0.25, 0.3) is 10.8 Å². The molecule has 1 aromatic heterocycles. The van der Waals surface area contributed by atoms with Crippen LogP contribution in [0.3, 0.4) is 0 Å². The Bertz CT molecular complexity index is 857. The molecule has 4 heteroatoms. The van der Waals surface area contributed by atoms with Crippen LogP contribution in [0.5, 0.6) is 0 Å². The van der Waals surface area contributed by atoms with E-state index in [1.807, 2.05) is 42.5 Å². The molecule has 0 fully saturated rings. The van der Waals surface area contributed by atoms with Gasteiger partial charge >= 0.3 is 0 Å². The summed E-state index contributed by atoms with van der Waals surface area (Å²) < 4.78 is 1.78. The zero-order chi connectivity index (χ0) is 15.5. The minimum atomic E-state index is 0. The first-order chi connectivity index (χ1) is 10.6. The van der Waals surface area contributed by atoms with E-state index in [0.29, 0.717) is 11.1 Å². The second-order valence-electron chi connectivity index (χ2n) is 5.30. The van der Waals surface area contributed by atoms with Crippen LogP contribution in [0, 0.1) is 0 Å². The summed E-state index contributed by atoms with van der Waals surface area (Å²) in [7, 11) is 0. The summed E-state index contributed by atoms with van der Waals surface area (Å²) in [5, 5.41) is 2.18. The second kappa shape index (κ2) is 7.29. The SMILES string of the molecule is CC(=O)c1cc[n+](CC(=O)c2ccc3ccccc3c2)cc1.[Br-]. The fourth-order valence-corrected chi connectivity index (χ4v) is 2.42. The Hall–Kier alpha value is -2.33. The predicted molar refractivity (Wildman–Crippen MR) is 84.9 cm³/mol. The normalized spacial score (nSPS) is 10.1. The number of carbonyl (C=O) groups excluding carboxylic acids is 2. The highest BCUT2D eigenvalue weighted by atomic mass is 79.9. The van der Waals surface area contributed by atoms with Gasteiger partial charge in [0.1, 0.15) is 0 Å². The van der Waals surface area contributed by atoms with E-state index in [-0.39, 0.29) is 35.1 Å². The predicted octanol–water partition coefficient (Wildman–Crippen LogP) is 0.217. The van der Waals surface area contributed by atoms with Crippen molar-refractivity contribution in [2.24, 2.45) is 0 Å². The average Bonchev–Trinajstić information content (AvgIpc) is 2.55. The number of nitrogens with zero attached hydrogens (tertiary/aromatic N) is 1. The lowest BCUT2D eigenvalue weighted by atomic mass is 10.0. The molecular formula is C19H16BrNO2. The van der Waals surface area contributed by atoms with Crippen molar-refractivity contribution in [2.75, 3.05) is 0 Å². The molecule has 0 saturated heterocycles. The van der Waals surface area contributed by atoms with E-state index >= 15 is 0 Å². The molecule has 2 aromatic carbocycles. The molecule has 3 rings (SSSR count). The standard InChI is InChI=1S/C19H16NO2.BrH/c1-14(21)15-8-10-20(11-9-15)13-19(22)18-7-6-16-4-2-3-5-17(16)12-18;/h2-12H,13H2,1H3;1H/q+1;/p-1. The summed E-state index contributed by atoms with van der Waals surface area (Å²) in [5.74, 6) is 0.0688. The van der Waals surface area contributed by atoms with E-state index in [1.165, 1.54) is 6.92 Å². The molecule has 3 nitrogen and oxygen atoms in total. The highest BCUT2D eigenvalue weighted by Gasteiger charge is 2.13. The molecule has 0 unspecified atom stereocenters. The molecule has 0 N–H and O–H groups in total. The van der Waals surface area contributed by atoms with Crippen molar-refractivity contribution < 1.29 is 31.1 Å². The van der Waals surface area contributed by atoms with Crippen LogP contribution in [0.2, 0.25) is 0 Å². The van der Waals surface area contributed by atoms with Crippen LogP contribution in [-0.4, -0.2) is 11.6 Å². The molecule has 0 saturated carbocycles. The van der Waals surface area contributed by atoms with Crippen LogP contribution >= 0.6 is 0 Å². The Morgan fingerprint density at radius 1 is 0.870 bits per heavy atom. The van der Waals surface area contributed by atoms with Gasteiger partial charge in [-0.25, -0.2) is 0 Å². The van der Waals surface area contributed by atoms with Gasteiger partial charge in [-0.1, -0.05) is 36.4 Å². The van der Waals surface area contributed by atoms with E-state index in [4.69, 9.17) is 0 Å². The molecule has 3 aromatic rings. The van der Waals surface area contributed by atoms with E-state index in [0.717, 1.165) is 10.8 Å². The quantitative estimate of drug-likeness (QED) is 0.487. The first-order valence-corrected chi connectivity index (χ1v) is 7.15. The number of carbonyl (C=O) groups is 2. The molecule has 0 aliphatic carbocycles. The molecule has 0 spiro atoms. The summed E-state index contributed by atoms with van der Waals surface area (Å²) in [6, 6.07) is 17.2. The molecule has 0 atom stereocenters. The topological polar surface area (TPSA) is 38.0 Å². The minimum Gasteiger partial charge on any atom is -1.00 e. The van der Waals surface area contributed by atoms with E-state index in [9.17, 15) is 9.59 Å². The number of hydrogen-bond acceptors (Lipinski definition) is 2. The van der Waals surface area contributed by atoms with Gasteiger partial charge in [-0.15, -0.1) is 0 Å². The Morgan fingerprint density at radius 2 is 1.52 bits per heavy atom. The highest BCUT2D eigenvalue weighted by Crippen LogP contribution is 2.16. The lowest BCUT2D eigenvalue weighted by molar-refractivity contribution is -0.683. The zero-order valence-corrected chi connectivity index (χ0v) is 14.3. The van der Waals surface area contributed by atoms with Gasteiger partial charge in [-0.05, 0) is 23.8 Å². The molecule has 0 aliphatic heterocycles. The number of hydrogen-bond donors (Lipinski definition) is 0. The number of fused-ring (bicyclic) bond motifs is 1. The average molecular weight is 370 g/mol. The Balaban J connectivity index is 0.00000192. The Morgan fingerprint density at radius 3 is 2.17 bits per heavy atom. The van der Waals surface area contributed by atoms with Crippen molar-refractivity contribution in [1.82, 2.24) is 0 Å². The fourth-order valence-electron chi connectivity index (χ4n) is 2.42. The molecule has 116 valence electrons. The van der Waals surface area contributed by atoms with E-state index in [1.54, 1.807) is 29.1 Å². The van der Waals surface area contributed by atoms with Gasteiger partial charge in [-0.3, -0.25) is 9.59 Å². The number of benzene rings is 2. The summed E-state index contributed by atoms with van der Waals surface area (Å²) in [4.78, 5) is 23.6. The minimum absolute atomic E-state index is 0. The maximum absolute atomic E-state index is 12.4. The fraction of sp³-hybridized carbons (Fsp3) is 0.105. The Kier molecular flexibility index (Phi) is 5.40. The van der Waals surface area contributed by atoms with Gasteiger partial charge in [0.05, 0.1) is 0 Å². The van der Waals surface area contributed by atoms with Crippen molar-refractivity contribution in [1.29, 1.82) is 0 Å². The third kappa shape index (κ3) is 3.90. The number of ketones is 2. The van der Waals surface area contributed by atoms with Crippen LogP contribution in [0.15, 0.2) is 67.0 Å². The number of pyridine rings is 1. The van der Waals surface area contributed by atoms with Crippen LogP contribution in [0.1, 0.15) is 27.6 Å². The maximum Gasteiger partial charge on any atom is 0.227 e.